The van der Waals surface area contributed by atoms with Crippen LogP contribution in [0.1, 0.15) is 105 Å². The molecule has 0 spiro atoms. The van der Waals surface area contributed by atoms with Gasteiger partial charge < -0.3 is 63.4 Å². The van der Waals surface area contributed by atoms with Gasteiger partial charge in [0.15, 0.2) is 18.7 Å². The fourth-order valence-electron chi connectivity index (χ4n) is 9.61. The number of cyclic esters (lactones) is 1. The Morgan fingerprint density at radius 2 is 1.57 bits per heavy atom. The normalized spacial score (nSPS) is 44.4. The summed E-state index contributed by atoms with van der Waals surface area (Å²) in [7, 11) is 7.14. The van der Waals surface area contributed by atoms with Crippen molar-refractivity contribution in [1.29, 1.82) is 0 Å². The molecule has 15 heteroatoms. The second-order valence-corrected chi connectivity index (χ2v) is 18.9. The van der Waals surface area contributed by atoms with Crippen molar-refractivity contribution in [1.82, 2.24) is 9.80 Å². The third-order valence-electron chi connectivity index (χ3n) is 13.4. The number of rotatable bonds is 9. The molecule has 4 rings (SSSR count). The first-order chi connectivity index (χ1) is 27.9. The molecule has 0 amide bonds. The summed E-state index contributed by atoms with van der Waals surface area (Å²) in [5, 5.41) is 47.3. The predicted octanol–water partition coefficient (Wildman–Crippen LogP) is 3.77. The fourth-order valence-corrected chi connectivity index (χ4v) is 9.61. The maximum absolute atomic E-state index is 14.4. The molecule has 3 heterocycles. The highest BCUT2D eigenvalue weighted by molar-refractivity contribution is 5.89. The zero-order chi connectivity index (χ0) is 45.1. The molecule has 1 aromatic rings. The maximum Gasteiger partial charge on any atom is 0.338 e. The van der Waals surface area contributed by atoms with Crippen LogP contribution in [-0.4, -0.2) is 167 Å². The van der Waals surface area contributed by atoms with Crippen LogP contribution in [0.25, 0.3) is 0 Å². The lowest BCUT2D eigenvalue weighted by molar-refractivity contribution is -0.317. The molecule has 15 nitrogen and oxygen atoms in total. The lowest BCUT2D eigenvalue weighted by Gasteiger charge is -2.49. The summed E-state index contributed by atoms with van der Waals surface area (Å²) >= 11 is 0. The molecule has 3 aliphatic rings. The minimum Gasteiger partial charge on any atom is -0.459 e. The van der Waals surface area contributed by atoms with Crippen LogP contribution in [0.2, 0.25) is 0 Å². The van der Waals surface area contributed by atoms with E-state index in [1.807, 2.05) is 57.8 Å². The number of carbonyl (C=O) groups is 2. The first-order valence-corrected chi connectivity index (χ1v) is 21.7. The third kappa shape index (κ3) is 11.4. The van der Waals surface area contributed by atoms with E-state index >= 15 is 0 Å². The van der Waals surface area contributed by atoms with E-state index < -0.39 is 102 Å². The van der Waals surface area contributed by atoms with Crippen LogP contribution in [0.3, 0.4) is 0 Å². The van der Waals surface area contributed by atoms with Crippen molar-refractivity contribution in [2.75, 3.05) is 34.8 Å². The van der Waals surface area contributed by atoms with Gasteiger partial charge in [-0.2, -0.15) is 0 Å². The highest BCUT2D eigenvalue weighted by Gasteiger charge is 2.53. The molecule has 3 aliphatic heterocycles. The van der Waals surface area contributed by atoms with Gasteiger partial charge in [-0.15, -0.1) is 0 Å². The first-order valence-electron chi connectivity index (χ1n) is 21.7. The van der Waals surface area contributed by atoms with Gasteiger partial charge in [0.1, 0.15) is 23.9 Å². The van der Waals surface area contributed by atoms with Crippen molar-refractivity contribution in [3.63, 3.8) is 0 Å². The minimum absolute atomic E-state index is 0.104. The summed E-state index contributed by atoms with van der Waals surface area (Å²) in [6.45, 7) is 18.0. The third-order valence-corrected chi connectivity index (χ3v) is 13.4. The van der Waals surface area contributed by atoms with E-state index in [2.05, 4.69) is 0 Å². The first kappa shape index (κ1) is 50.4. The van der Waals surface area contributed by atoms with E-state index in [1.54, 1.807) is 65.8 Å². The predicted molar refractivity (Wildman–Crippen MR) is 224 cm³/mol. The standard InChI is InChI=1S/C45H76N2O13/c1-15-33-45(10,53)37(48)29(6)47(13)24-25(2)22-43(8,52)39(27(4)35(28(5)40(50)57-33)58-34-23-44(9,54-14)38(49)30(7)56-34)60-42-36(32(46(11)12)21-26(3)55-42)59-41(51)31-19-17-16-18-20-31/h16-20,25-30,32-39,42,48-49,52-53H,15,21-24H2,1-14H3/t25-,26-,27+,28-,29-,30+,32+,33-,34+,35+,36-,37-,38+,39-,42+,43-,44-,45-/m1/s1. The average molecular weight is 853 g/mol. The summed E-state index contributed by atoms with van der Waals surface area (Å²) in [4.78, 5) is 32.0. The van der Waals surface area contributed by atoms with E-state index in [1.165, 1.54) is 14.0 Å². The number of aliphatic hydroxyl groups excluding tert-OH is 2. The highest BCUT2D eigenvalue weighted by atomic mass is 16.7. The number of hydrogen-bond acceptors (Lipinski definition) is 15. The van der Waals surface area contributed by atoms with E-state index in [0.29, 0.717) is 18.5 Å². The van der Waals surface area contributed by atoms with Crippen molar-refractivity contribution in [3.05, 3.63) is 35.9 Å². The summed E-state index contributed by atoms with van der Waals surface area (Å²) in [5.74, 6) is -3.33. The van der Waals surface area contributed by atoms with Gasteiger partial charge in [0.2, 0.25) is 0 Å². The van der Waals surface area contributed by atoms with Crippen molar-refractivity contribution < 1.29 is 63.2 Å². The number of aliphatic hydroxyl groups is 4. The largest absolute Gasteiger partial charge is 0.459 e. The number of carbonyl (C=O) groups excluding carboxylic acids is 2. The molecule has 0 aromatic heterocycles. The molecule has 0 aliphatic carbocycles. The number of likely N-dealkylation sites (N-methyl/N-ethyl adjacent to an activating group) is 2. The molecular weight excluding hydrogens is 776 g/mol. The zero-order valence-electron chi connectivity index (χ0n) is 38.4. The topological polar surface area (TPSA) is 186 Å². The van der Waals surface area contributed by atoms with Crippen LogP contribution >= 0.6 is 0 Å². The number of benzene rings is 1. The molecule has 3 fully saturated rings. The molecule has 0 unspecified atom stereocenters. The monoisotopic (exact) mass is 853 g/mol. The fraction of sp³-hybridized carbons (Fsp3) is 0.822. The molecule has 0 saturated carbocycles. The average Bonchev–Trinajstić information content (AvgIpc) is 3.18. The van der Waals surface area contributed by atoms with Crippen molar-refractivity contribution in [2.45, 2.75) is 185 Å². The molecule has 0 bridgehead atoms. The molecule has 60 heavy (non-hydrogen) atoms. The summed E-state index contributed by atoms with van der Waals surface area (Å²) in [6.07, 6.45) is -8.66. The van der Waals surface area contributed by atoms with Crippen LogP contribution in [0, 0.1) is 17.8 Å². The van der Waals surface area contributed by atoms with Crippen LogP contribution in [0.4, 0.5) is 0 Å². The lowest BCUT2D eigenvalue weighted by atomic mass is 9.77. The van der Waals surface area contributed by atoms with Gasteiger partial charge in [-0.05, 0) is 107 Å². The summed E-state index contributed by atoms with van der Waals surface area (Å²) in [5.41, 5.74) is -4.16. The van der Waals surface area contributed by atoms with Gasteiger partial charge in [-0.25, -0.2) is 4.79 Å². The minimum atomic E-state index is -1.83. The quantitative estimate of drug-likeness (QED) is 0.263. The van der Waals surface area contributed by atoms with E-state index in [4.69, 9.17) is 33.2 Å². The highest BCUT2D eigenvalue weighted by Crippen LogP contribution is 2.40. The number of nitrogens with zero attached hydrogens (tertiary/aromatic N) is 2. The molecule has 3 saturated heterocycles. The molecule has 1 aromatic carbocycles. The Bertz CT molecular complexity index is 1530. The van der Waals surface area contributed by atoms with E-state index in [9.17, 15) is 30.0 Å². The Balaban J connectivity index is 1.87. The Kier molecular flexibility index (Phi) is 17.2. The molecule has 344 valence electrons. The van der Waals surface area contributed by atoms with Crippen molar-refractivity contribution in [2.24, 2.45) is 17.8 Å². The summed E-state index contributed by atoms with van der Waals surface area (Å²) < 4.78 is 44.7. The Labute approximate surface area is 357 Å². The SMILES string of the molecule is CC[C@H]1OC(=O)[C@H](C)[C@@H](O[C@H]2C[C@@](C)(OC)[C@@H](O)[C@H](C)O2)[C@H](C)[C@@H](O[C@@H]2O[C@H](C)C[C@H](N(C)C)[C@H]2OC(=O)c2ccccc2)[C@](C)(O)C[C@@H](C)CN(C)[C@H](C)[C@@H](O)[C@]1(C)O. The number of methoxy groups -OCH3 is 1. The molecular formula is C45H76N2O13. The van der Waals surface area contributed by atoms with Crippen LogP contribution in [-0.2, 0) is 38.0 Å². The second kappa shape index (κ2) is 20.5. The van der Waals surface area contributed by atoms with Gasteiger partial charge in [-0.1, -0.05) is 39.0 Å². The van der Waals surface area contributed by atoms with E-state index in [0.717, 1.165) is 0 Å². The van der Waals surface area contributed by atoms with E-state index in [-0.39, 0.29) is 37.3 Å². The van der Waals surface area contributed by atoms with Crippen LogP contribution < -0.4 is 0 Å². The smallest absolute Gasteiger partial charge is 0.338 e. The maximum atomic E-state index is 14.4. The van der Waals surface area contributed by atoms with Crippen molar-refractivity contribution in [3.8, 4) is 0 Å². The molecule has 0 radical (unpaired) electrons. The van der Waals surface area contributed by atoms with Crippen LogP contribution in [0.15, 0.2) is 30.3 Å². The van der Waals surface area contributed by atoms with Gasteiger partial charge in [0.05, 0.1) is 53.1 Å². The van der Waals surface area contributed by atoms with Gasteiger partial charge in [0, 0.05) is 32.0 Å². The van der Waals surface area contributed by atoms with Gasteiger partial charge in [0.25, 0.3) is 0 Å². The zero-order valence-corrected chi connectivity index (χ0v) is 38.4. The Hall–Kier alpha value is -2.28. The van der Waals surface area contributed by atoms with Crippen molar-refractivity contribution >= 4 is 11.9 Å². The second-order valence-electron chi connectivity index (χ2n) is 18.9. The lowest BCUT2D eigenvalue weighted by Crippen LogP contribution is -2.61. The van der Waals surface area contributed by atoms with Crippen LogP contribution in [0.5, 0.6) is 0 Å². The Morgan fingerprint density at radius 3 is 2.15 bits per heavy atom. The molecule has 4 N–H and O–H groups in total. The Morgan fingerprint density at radius 1 is 0.933 bits per heavy atom. The van der Waals surface area contributed by atoms with Gasteiger partial charge in [-0.3, -0.25) is 4.79 Å². The number of esters is 2. The molecule has 18 atom stereocenters. The number of ether oxygens (including phenoxy) is 7. The summed E-state index contributed by atoms with van der Waals surface area (Å²) in [6, 6.07) is 7.77. The number of hydrogen-bond donors (Lipinski definition) is 4. The van der Waals surface area contributed by atoms with Gasteiger partial charge >= 0.3 is 11.9 Å².